The molecule has 0 aromatic heterocycles. The summed E-state index contributed by atoms with van der Waals surface area (Å²) >= 11 is 6.71. The van der Waals surface area contributed by atoms with E-state index in [1.165, 1.54) is 16.7 Å². The van der Waals surface area contributed by atoms with Gasteiger partial charge >= 0.3 is 0 Å². The highest BCUT2D eigenvalue weighted by molar-refractivity contribution is 6.96. The smallest absolute Gasteiger partial charge is 0.145 e. The molecule has 0 atom stereocenters. The molecule has 3 aromatic carbocycles. The molecule has 0 fully saturated rings. The van der Waals surface area contributed by atoms with E-state index >= 15 is 0 Å². The van der Waals surface area contributed by atoms with Crippen LogP contribution in [0.5, 0.6) is 5.75 Å². The molecule has 0 aliphatic rings. The van der Waals surface area contributed by atoms with Crippen LogP contribution >= 0.6 is 11.1 Å². The van der Waals surface area contributed by atoms with Crippen LogP contribution < -0.4 is 4.74 Å². The third kappa shape index (κ3) is 2.92. The van der Waals surface area contributed by atoms with Gasteiger partial charge in [0.2, 0.25) is 0 Å². The van der Waals surface area contributed by atoms with Crippen molar-refractivity contribution in [3.63, 3.8) is 0 Å². The minimum absolute atomic E-state index is 0.240. The average molecular weight is 339 g/mol. The number of methoxy groups -OCH3 is 1. The maximum Gasteiger partial charge on any atom is 0.145 e. The number of rotatable bonds is 5. The van der Waals surface area contributed by atoms with E-state index in [4.69, 9.17) is 15.8 Å². The van der Waals surface area contributed by atoms with Crippen LogP contribution in [0.3, 0.4) is 0 Å². The van der Waals surface area contributed by atoms with Crippen molar-refractivity contribution < 1.29 is 4.74 Å². The minimum atomic E-state index is -0.961. The van der Waals surface area contributed by atoms with Gasteiger partial charge in [-0.3, -0.25) is 0 Å². The third-order valence-corrected chi connectivity index (χ3v) is 7.14. The van der Waals surface area contributed by atoms with Gasteiger partial charge < -0.3 is 4.74 Å². The van der Waals surface area contributed by atoms with Crippen molar-refractivity contribution in [2.45, 2.75) is 5.04 Å². The van der Waals surface area contributed by atoms with Crippen molar-refractivity contribution in [3.8, 4) is 5.75 Å². The molecule has 0 saturated carbocycles. The fourth-order valence-electron chi connectivity index (χ4n) is 3.05. The molecule has 0 unspecified atom stereocenters. The Morgan fingerprint density at radius 3 is 1.52 bits per heavy atom. The predicted molar refractivity (Wildman–Crippen MR) is 100 cm³/mol. The molecule has 0 heterocycles. The first-order valence-corrected chi connectivity index (χ1v) is 10.5. The molecule has 0 aliphatic carbocycles. The lowest BCUT2D eigenvalue weighted by atomic mass is 9.84. The summed E-state index contributed by atoms with van der Waals surface area (Å²) in [5, 5.41) is -0.240. The number of hydrogen-bond acceptors (Lipinski definition) is 1. The lowest BCUT2D eigenvalue weighted by molar-refractivity contribution is 0.414. The second-order valence-corrected chi connectivity index (χ2v) is 7.63. The van der Waals surface area contributed by atoms with Gasteiger partial charge in [-0.25, -0.2) is 0 Å². The topological polar surface area (TPSA) is 9.23 Å². The van der Waals surface area contributed by atoms with Crippen LogP contribution in [0.15, 0.2) is 84.9 Å². The molecule has 0 N–H and O–H groups in total. The maximum absolute atomic E-state index is 6.71. The van der Waals surface area contributed by atoms with E-state index < -0.39 is 8.83 Å². The lowest BCUT2D eigenvalue weighted by Crippen LogP contribution is -2.33. The molecule has 116 valence electrons. The summed E-state index contributed by atoms with van der Waals surface area (Å²) in [4.78, 5) is 0. The molecule has 23 heavy (non-hydrogen) atoms. The number of halogens is 1. The minimum Gasteiger partial charge on any atom is -0.497 e. The van der Waals surface area contributed by atoms with Crippen LogP contribution in [0.25, 0.3) is 0 Å². The molecule has 3 rings (SSSR count). The first-order valence-electron chi connectivity index (χ1n) is 7.63. The van der Waals surface area contributed by atoms with Crippen molar-refractivity contribution >= 4 is 19.9 Å². The van der Waals surface area contributed by atoms with Crippen LogP contribution in [-0.4, -0.2) is 15.9 Å². The molecule has 0 amide bonds. The van der Waals surface area contributed by atoms with Crippen molar-refractivity contribution in [1.82, 2.24) is 0 Å². The summed E-state index contributed by atoms with van der Waals surface area (Å²) in [6, 6.07) is 29.4. The van der Waals surface area contributed by atoms with Gasteiger partial charge in [-0.1, -0.05) is 72.8 Å². The van der Waals surface area contributed by atoms with Crippen LogP contribution in [0, 0.1) is 0 Å². The van der Waals surface area contributed by atoms with E-state index in [2.05, 4.69) is 60.7 Å². The number of hydrogen-bond donors (Lipinski definition) is 0. The molecule has 3 heteroatoms. The van der Waals surface area contributed by atoms with Gasteiger partial charge in [0.05, 0.1) is 7.11 Å². The van der Waals surface area contributed by atoms with Crippen molar-refractivity contribution in [2.75, 3.05) is 7.11 Å². The molecule has 3 aromatic rings. The Hall–Kier alpha value is -2.03. The van der Waals surface area contributed by atoms with Crippen LogP contribution in [0.2, 0.25) is 0 Å². The first-order chi connectivity index (χ1) is 11.3. The number of ether oxygens (including phenoxy) is 1. The van der Waals surface area contributed by atoms with E-state index in [-0.39, 0.29) is 5.04 Å². The van der Waals surface area contributed by atoms with Crippen molar-refractivity contribution in [3.05, 3.63) is 102 Å². The summed E-state index contributed by atoms with van der Waals surface area (Å²) in [5.74, 6) is 0.861. The van der Waals surface area contributed by atoms with E-state index in [0.717, 1.165) is 5.75 Å². The molecule has 1 nitrogen and oxygen atoms in total. The van der Waals surface area contributed by atoms with Crippen molar-refractivity contribution in [1.29, 1.82) is 0 Å². The van der Waals surface area contributed by atoms with Gasteiger partial charge in [0.1, 0.15) is 14.6 Å². The van der Waals surface area contributed by atoms with E-state index in [1.807, 2.05) is 24.3 Å². The summed E-state index contributed by atoms with van der Waals surface area (Å²) in [5.41, 5.74) is 3.72. The van der Waals surface area contributed by atoms with Gasteiger partial charge in [0.15, 0.2) is 0 Å². The van der Waals surface area contributed by atoms with Gasteiger partial charge in [-0.15, -0.1) is 0 Å². The largest absolute Gasteiger partial charge is 0.497 e. The highest BCUT2D eigenvalue weighted by atomic mass is 35.6. The lowest BCUT2D eigenvalue weighted by Gasteiger charge is -2.33. The Bertz CT molecular complexity index is 702. The third-order valence-electron chi connectivity index (χ3n) is 4.32. The van der Waals surface area contributed by atoms with Gasteiger partial charge in [-0.05, 0) is 28.8 Å². The summed E-state index contributed by atoms with van der Waals surface area (Å²) < 4.78 is 5.31. The quantitative estimate of drug-likeness (QED) is 0.382. The predicted octanol–water partition coefficient (Wildman–Crippen LogP) is 4.31. The SMILES string of the molecule is COc1ccc(C([SiH2]Cl)(c2ccccc2)c2ccccc2)cc1. The normalized spacial score (nSPS) is 11.7. The molecule has 0 spiro atoms. The highest BCUT2D eigenvalue weighted by Crippen LogP contribution is 2.39. The fraction of sp³-hybridized carbons (Fsp3) is 0.100. The molecular weight excluding hydrogens is 320 g/mol. The van der Waals surface area contributed by atoms with Crippen LogP contribution in [-0.2, 0) is 5.04 Å². The Kier molecular flexibility index (Phi) is 4.84. The van der Waals surface area contributed by atoms with Crippen LogP contribution in [0.1, 0.15) is 16.7 Å². The van der Waals surface area contributed by atoms with E-state index in [9.17, 15) is 0 Å². The van der Waals surface area contributed by atoms with E-state index in [1.54, 1.807) is 7.11 Å². The molecule has 0 aliphatic heterocycles. The monoisotopic (exact) mass is 338 g/mol. The van der Waals surface area contributed by atoms with Gasteiger partial charge in [0.25, 0.3) is 0 Å². The summed E-state index contributed by atoms with van der Waals surface area (Å²) in [6.45, 7) is 0. The Labute approximate surface area is 144 Å². The van der Waals surface area contributed by atoms with Crippen molar-refractivity contribution in [2.24, 2.45) is 0 Å². The Morgan fingerprint density at radius 2 is 1.13 bits per heavy atom. The molecule has 0 saturated heterocycles. The van der Waals surface area contributed by atoms with Crippen LogP contribution in [0.4, 0.5) is 0 Å². The Balaban J connectivity index is 2.24. The summed E-state index contributed by atoms with van der Waals surface area (Å²) in [6.07, 6.45) is 0. The molecular formula is C20H19ClOSi. The van der Waals surface area contributed by atoms with Gasteiger partial charge in [-0.2, -0.15) is 11.1 Å². The second-order valence-electron chi connectivity index (χ2n) is 5.50. The zero-order valence-corrected chi connectivity index (χ0v) is 15.2. The average Bonchev–Trinajstić information content (AvgIpc) is 2.65. The highest BCUT2D eigenvalue weighted by Gasteiger charge is 2.35. The number of benzene rings is 3. The maximum atomic E-state index is 6.71. The fourth-order valence-corrected chi connectivity index (χ4v) is 5.61. The first kappa shape index (κ1) is 15.8. The van der Waals surface area contributed by atoms with Gasteiger partial charge in [0, 0.05) is 5.04 Å². The zero-order chi connectivity index (χ0) is 16.1. The second kappa shape index (κ2) is 7.03. The zero-order valence-electron chi connectivity index (χ0n) is 13.1. The molecule has 0 bridgehead atoms. The standard InChI is InChI=1S/C20H19ClOSi/c1-22-19-14-12-18(13-15-19)20(23-21,16-8-4-2-5-9-16)17-10-6-3-7-11-17/h2-15H,23H2,1H3. The molecule has 0 radical (unpaired) electrons. The summed E-state index contributed by atoms with van der Waals surface area (Å²) in [7, 11) is 0.727. The van der Waals surface area contributed by atoms with E-state index in [0.29, 0.717) is 0 Å². The Morgan fingerprint density at radius 1 is 0.696 bits per heavy atom.